The Morgan fingerprint density at radius 2 is 1.15 bits per heavy atom. The largest absolute Gasteiger partial charge is 0.390 e. The molecule has 5 atom stereocenters. The van der Waals surface area contributed by atoms with Gasteiger partial charge in [-0.25, -0.2) is 0 Å². The van der Waals surface area contributed by atoms with Crippen molar-refractivity contribution in [2.45, 2.75) is 144 Å². The minimum atomic E-state index is -1.29. The molecular formula is C37H63N5O6. The molecule has 0 saturated heterocycles. The van der Waals surface area contributed by atoms with E-state index >= 15 is 0 Å². The van der Waals surface area contributed by atoms with Gasteiger partial charge in [0.15, 0.2) is 0 Å². The highest BCUT2D eigenvalue weighted by molar-refractivity contribution is 5.92. The van der Waals surface area contributed by atoms with Gasteiger partial charge in [-0.15, -0.1) is 0 Å². The molecule has 48 heavy (non-hydrogen) atoms. The van der Waals surface area contributed by atoms with E-state index in [0.717, 1.165) is 18.4 Å². The molecule has 0 aliphatic carbocycles. The molecule has 5 amide bonds. The second-order valence-corrected chi connectivity index (χ2v) is 14.5. The smallest absolute Gasteiger partial charge is 0.243 e. The monoisotopic (exact) mass is 673 g/mol. The highest BCUT2D eigenvalue weighted by atomic mass is 16.3. The lowest BCUT2D eigenvalue weighted by Gasteiger charge is -2.30. The van der Waals surface area contributed by atoms with Crippen LogP contribution in [0.4, 0.5) is 0 Å². The number of aliphatic hydroxyl groups excluding tert-OH is 1. The normalized spacial score (nSPS) is 14.8. The Morgan fingerprint density at radius 1 is 0.625 bits per heavy atom. The summed E-state index contributed by atoms with van der Waals surface area (Å²) in [5.74, 6) is -2.26. The third-order valence-corrected chi connectivity index (χ3v) is 8.28. The first-order chi connectivity index (χ1) is 22.5. The van der Waals surface area contributed by atoms with Gasteiger partial charge in [-0.3, -0.25) is 24.0 Å². The zero-order valence-corrected chi connectivity index (χ0v) is 30.9. The Labute approximate surface area is 288 Å². The van der Waals surface area contributed by atoms with E-state index in [4.69, 9.17) is 0 Å². The van der Waals surface area contributed by atoms with E-state index in [1.165, 1.54) is 0 Å². The summed E-state index contributed by atoms with van der Waals surface area (Å²) >= 11 is 0. The zero-order chi connectivity index (χ0) is 36.6. The maximum atomic E-state index is 13.8. The van der Waals surface area contributed by atoms with E-state index in [1.54, 1.807) is 13.8 Å². The van der Waals surface area contributed by atoms with E-state index in [1.807, 2.05) is 85.7 Å². The van der Waals surface area contributed by atoms with Crippen molar-refractivity contribution >= 4 is 29.5 Å². The van der Waals surface area contributed by atoms with E-state index < -0.39 is 48.0 Å². The van der Waals surface area contributed by atoms with Crippen LogP contribution in [-0.2, 0) is 30.4 Å². The van der Waals surface area contributed by atoms with Crippen molar-refractivity contribution in [3.05, 3.63) is 35.9 Å². The summed E-state index contributed by atoms with van der Waals surface area (Å²) in [6.07, 6.45) is 0.798. The lowest BCUT2D eigenvalue weighted by atomic mass is 9.96. The molecule has 11 heteroatoms. The molecule has 0 bridgehead atoms. The molecule has 1 rings (SSSR count). The van der Waals surface area contributed by atoms with Gasteiger partial charge in [0, 0.05) is 12.5 Å². The van der Waals surface area contributed by atoms with Gasteiger partial charge < -0.3 is 31.7 Å². The SMILES string of the molecule is CCC(CC)NC(=O)[C@@H](NC(=O)C[C@H](O)[C@H](Cc1ccccc1)NC(=O)[C@@H](NC(=O)[C@H](CC(C)C)NC(=O)CC(C)C)C(C)C)C(C)C. The number of hydrogen-bond acceptors (Lipinski definition) is 6. The number of rotatable bonds is 21. The van der Waals surface area contributed by atoms with Crippen LogP contribution in [0.5, 0.6) is 0 Å². The molecule has 0 fully saturated rings. The van der Waals surface area contributed by atoms with Gasteiger partial charge in [0.1, 0.15) is 18.1 Å². The van der Waals surface area contributed by atoms with Crippen molar-refractivity contribution in [3.8, 4) is 0 Å². The first-order valence-electron chi connectivity index (χ1n) is 17.7. The van der Waals surface area contributed by atoms with E-state index in [-0.39, 0.29) is 60.8 Å². The Kier molecular flexibility index (Phi) is 19.1. The minimum absolute atomic E-state index is 0.00179. The number of carbonyl (C=O) groups is 5. The summed E-state index contributed by atoms with van der Waals surface area (Å²) in [6.45, 7) is 19.0. The van der Waals surface area contributed by atoms with Crippen LogP contribution in [0.25, 0.3) is 0 Å². The molecule has 11 nitrogen and oxygen atoms in total. The van der Waals surface area contributed by atoms with E-state index in [9.17, 15) is 29.1 Å². The van der Waals surface area contributed by atoms with Crippen LogP contribution in [0.1, 0.15) is 107 Å². The van der Waals surface area contributed by atoms with Crippen LogP contribution in [0.15, 0.2) is 30.3 Å². The van der Waals surface area contributed by atoms with Gasteiger partial charge in [-0.1, -0.05) is 99.6 Å². The molecule has 1 aromatic carbocycles. The van der Waals surface area contributed by atoms with Crippen LogP contribution < -0.4 is 26.6 Å². The van der Waals surface area contributed by atoms with Gasteiger partial charge in [0.25, 0.3) is 0 Å². The predicted octanol–water partition coefficient (Wildman–Crippen LogP) is 3.63. The van der Waals surface area contributed by atoms with Gasteiger partial charge in [0.05, 0.1) is 18.6 Å². The summed E-state index contributed by atoms with van der Waals surface area (Å²) < 4.78 is 0. The lowest BCUT2D eigenvalue weighted by Crippen LogP contribution is -2.58. The Morgan fingerprint density at radius 3 is 1.65 bits per heavy atom. The van der Waals surface area contributed by atoms with Crippen molar-refractivity contribution in [1.29, 1.82) is 0 Å². The first kappa shape index (κ1) is 42.6. The first-order valence-corrected chi connectivity index (χ1v) is 17.7. The average Bonchev–Trinajstić information content (AvgIpc) is 2.99. The zero-order valence-electron chi connectivity index (χ0n) is 30.9. The summed E-state index contributed by atoms with van der Waals surface area (Å²) in [5, 5.41) is 25.7. The van der Waals surface area contributed by atoms with Gasteiger partial charge >= 0.3 is 0 Å². The molecule has 0 radical (unpaired) electrons. The number of hydrogen-bond donors (Lipinski definition) is 6. The Bertz CT molecular complexity index is 1150. The molecule has 1 aromatic rings. The Balaban J connectivity index is 3.17. The second-order valence-electron chi connectivity index (χ2n) is 14.5. The number of amides is 5. The molecule has 0 saturated carbocycles. The van der Waals surface area contributed by atoms with Crippen molar-refractivity contribution in [3.63, 3.8) is 0 Å². The topological polar surface area (TPSA) is 166 Å². The number of carbonyl (C=O) groups excluding carboxylic acids is 5. The van der Waals surface area contributed by atoms with Gasteiger partial charge in [-0.05, 0) is 54.9 Å². The van der Waals surface area contributed by atoms with E-state index in [2.05, 4.69) is 26.6 Å². The molecule has 0 spiro atoms. The van der Waals surface area contributed by atoms with Crippen molar-refractivity contribution in [2.75, 3.05) is 0 Å². The molecular weight excluding hydrogens is 610 g/mol. The Hall–Kier alpha value is -3.47. The van der Waals surface area contributed by atoms with Crippen LogP contribution in [0.2, 0.25) is 0 Å². The fraction of sp³-hybridized carbons (Fsp3) is 0.703. The highest BCUT2D eigenvalue weighted by Gasteiger charge is 2.33. The number of benzene rings is 1. The van der Waals surface area contributed by atoms with Crippen LogP contribution in [0, 0.1) is 23.7 Å². The maximum absolute atomic E-state index is 13.8. The fourth-order valence-electron chi connectivity index (χ4n) is 5.42. The van der Waals surface area contributed by atoms with Crippen molar-refractivity contribution < 1.29 is 29.1 Å². The summed E-state index contributed by atoms with van der Waals surface area (Å²) in [6, 6.07) is 5.84. The quantitative estimate of drug-likeness (QED) is 0.117. The minimum Gasteiger partial charge on any atom is -0.390 e. The van der Waals surface area contributed by atoms with Crippen LogP contribution in [-0.4, -0.2) is 71.0 Å². The molecule has 0 heterocycles. The summed E-state index contributed by atoms with van der Waals surface area (Å²) in [7, 11) is 0. The summed E-state index contributed by atoms with van der Waals surface area (Å²) in [5.41, 5.74) is 0.835. The van der Waals surface area contributed by atoms with Gasteiger partial charge in [0.2, 0.25) is 29.5 Å². The van der Waals surface area contributed by atoms with Crippen LogP contribution in [0.3, 0.4) is 0 Å². The molecule has 0 unspecified atom stereocenters. The van der Waals surface area contributed by atoms with Crippen LogP contribution >= 0.6 is 0 Å². The standard InChI is InChI=1S/C37H63N5O6/c1-11-27(12-2)38-36(47)33(24(7)8)41-32(45)21-30(43)28(20-26-16-14-13-15-17-26)40-37(48)34(25(9)10)42-35(46)29(18-22(3)4)39-31(44)19-23(5)6/h13-17,22-25,27-30,33-34,43H,11-12,18-21H2,1-10H3,(H,38,47)(H,39,44)(H,40,48)(H,41,45)(H,42,46)/t28-,29-,30-,33-,34-/m0/s1. The second kappa shape index (κ2) is 21.5. The average molecular weight is 674 g/mol. The third-order valence-electron chi connectivity index (χ3n) is 8.28. The van der Waals surface area contributed by atoms with E-state index in [0.29, 0.717) is 6.42 Å². The molecule has 0 aliphatic heterocycles. The fourth-order valence-corrected chi connectivity index (χ4v) is 5.42. The highest BCUT2D eigenvalue weighted by Crippen LogP contribution is 2.14. The molecule has 0 aromatic heterocycles. The summed E-state index contributed by atoms with van der Waals surface area (Å²) in [4.78, 5) is 65.9. The molecule has 0 aliphatic rings. The molecule has 272 valence electrons. The van der Waals surface area contributed by atoms with Crippen molar-refractivity contribution in [1.82, 2.24) is 26.6 Å². The predicted molar refractivity (Wildman–Crippen MR) is 190 cm³/mol. The molecule has 6 N–H and O–H groups in total. The lowest BCUT2D eigenvalue weighted by molar-refractivity contribution is -0.134. The number of nitrogens with one attached hydrogen (secondary N) is 5. The maximum Gasteiger partial charge on any atom is 0.243 e. The number of aliphatic hydroxyl groups is 1. The van der Waals surface area contributed by atoms with Gasteiger partial charge in [-0.2, -0.15) is 0 Å². The van der Waals surface area contributed by atoms with Crippen molar-refractivity contribution in [2.24, 2.45) is 23.7 Å². The third kappa shape index (κ3) is 15.6.